The van der Waals surface area contributed by atoms with E-state index in [2.05, 4.69) is 5.32 Å². The fourth-order valence-electron chi connectivity index (χ4n) is 2.60. The van der Waals surface area contributed by atoms with Crippen LogP contribution >= 0.6 is 11.8 Å². The predicted molar refractivity (Wildman–Crippen MR) is 110 cm³/mol. The number of likely N-dealkylation sites (N-methyl/N-ethyl adjacent to an activating group) is 1. The zero-order valence-corrected chi connectivity index (χ0v) is 16.9. The van der Waals surface area contributed by atoms with E-state index in [9.17, 15) is 14.0 Å². The highest BCUT2D eigenvalue weighted by molar-refractivity contribution is 7.98. The van der Waals surface area contributed by atoms with Crippen LogP contribution in [-0.2, 0) is 16.1 Å². The molecule has 2 rings (SSSR count). The molecular formula is C21H25FN2O3S. The average molecular weight is 405 g/mol. The van der Waals surface area contributed by atoms with Gasteiger partial charge in [-0.3, -0.25) is 9.59 Å². The van der Waals surface area contributed by atoms with E-state index >= 15 is 0 Å². The number of carbonyl (C=O) groups excluding carboxylic acids is 2. The number of halogens is 1. The molecule has 5 nitrogen and oxygen atoms in total. The molecule has 0 saturated heterocycles. The summed E-state index contributed by atoms with van der Waals surface area (Å²) in [6.45, 7) is 0.181. The van der Waals surface area contributed by atoms with Crippen molar-refractivity contribution < 1.29 is 18.7 Å². The number of ether oxygens (including phenoxy) is 1. The normalized spacial score (nSPS) is 11.5. The number of hydrogen-bond acceptors (Lipinski definition) is 4. The maximum absolute atomic E-state index is 13.0. The van der Waals surface area contributed by atoms with Gasteiger partial charge < -0.3 is 15.0 Å². The van der Waals surface area contributed by atoms with Crippen molar-refractivity contribution in [1.29, 1.82) is 0 Å². The zero-order chi connectivity index (χ0) is 20.4. The Labute approximate surface area is 169 Å². The maximum Gasteiger partial charge on any atom is 0.258 e. The first-order valence-corrected chi connectivity index (χ1v) is 10.3. The van der Waals surface area contributed by atoms with Gasteiger partial charge in [0.25, 0.3) is 5.91 Å². The van der Waals surface area contributed by atoms with Gasteiger partial charge in [0.2, 0.25) is 5.91 Å². The van der Waals surface area contributed by atoms with Crippen LogP contribution in [0.5, 0.6) is 5.75 Å². The second kappa shape index (κ2) is 11.3. The van der Waals surface area contributed by atoms with Crippen molar-refractivity contribution in [1.82, 2.24) is 10.2 Å². The molecule has 0 saturated carbocycles. The maximum atomic E-state index is 13.0. The van der Waals surface area contributed by atoms with Gasteiger partial charge in [0.05, 0.1) is 0 Å². The molecule has 0 unspecified atom stereocenters. The smallest absolute Gasteiger partial charge is 0.258 e. The summed E-state index contributed by atoms with van der Waals surface area (Å²) in [6.07, 6.45) is 2.47. The number of amides is 2. The van der Waals surface area contributed by atoms with Gasteiger partial charge in [-0.15, -0.1) is 0 Å². The molecule has 1 atom stereocenters. The van der Waals surface area contributed by atoms with Crippen LogP contribution in [0.1, 0.15) is 12.0 Å². The van der Waals surface area contributed by atoms with Crippen molar-refractivity contribution in [2.45, 2.75) is 19.0 Å². The number of carbonyl (C=O) groups is 2. The molecule has 7 heteroatoms. The summed E-state index contributed by atoms with van der Waals surface area (Å²) in [5, 5.41) is 2.77. The van der Waals surface area contributed by atoms with Crippen LogP contribution in [0, 0.1) is 5.82 Å². The third-order valence-corrected chi connectivity index (χ3v) is 4.71. The summed E-state index contributed by atoms with van der Waals surface area (Å²) >= 11 is 1.61. The minimum absolute atomic E-state index is 0.158. The Morgan fingerprint density at radius 2 is 1.82 bits per heavy atom. The number of benzene rings is 2. The van der Waals surface area contributed by atoms with Crippen LogP contribution in [0.15, 0.2) is 54.6 Å². The van der Waals surface area contributed by atoms with Crippen LogP contribution in [-0.4, -0.2) is 48.4 Å². The monoisotopic (exact) mass is 404 g/mol. The molecule has 0 aliphatic carbocycles. The topological polar surface area (TPSA) is 58.6 Å². The lowest BCUT2D eigenvalue weighted by Gasteiger charge is -2.24. The van der Waals surface area contributed by atoms with Gasteiger partial charge in [0, 0.05) is 13.6 Å². The van der Waals surface area contributed by atoms with E-state index in [1.165, 1.54) is 17.0 Å². The van der Waals surface area contributed by atoms with Crippen molar-refractivity contribution in [2.75, 3.05) is 25.7 Å². The molecular weight excluding hydrogens is 379 g/mol. The van der Waals surface area contributed by atoms with E-state index in [0.29, 0.717) is 18.7 Å². The predicted octanol–water partition coefficient (Wildman–Crippen LogP) is 3.10. The van der Waals surface area contributed by atoms with Crippen molar-refractivity contribution >= 4 is 23.6 Å². The molecule has 0 heterocycles. The van der Waals surface area contributed by atoms with E-state index in [-0.39, 0.29) is 24.2 Å². The van der Waals surface area contributed by atoms with Crippen LogP contribution in [0.3, 0.4) is 0 Å². The molecule has 150 valence electrons. The summed E-state index contributed by atoms with van der Waals surface area (Å²) in [4.78, 5) is 26.6. The lowest BCUT2D eigenvalue weighted by molar-refractivity contribution is -0.136. The molecule has 0 aliphatic heterocycles. The number of para-hydroxylation sites is 1. The molecule has 2 aromatic rings. The van der Waals surface area contributed by atoms with Gasteiger partial charge in [-0.1, -0.05) is 30.3 Å². The highest BCUT2D eigenvalue weighted by atomic mass is 32.2. The van der Waals surface area contributed by atoms with Crippen molar-refractivity contribution in [3.8, 4) is 5.75 Å². The molecule has 0 radical (unpaired) electrons. The number of nitrogens with one attached hydrogen (secondary N) is 1. The molecule has 0 fully saturated rings. The summed E-state index contributed by atoms with van der Waals surface area (Å²) in [5.41, 5.74) is 0.819. The molecule has 2 aromatic carbocycles. The standard InChI is InChI=1S/C21H25FN2O3S/c1-24(14-16-8-10-17(22)11-9-16)21(26)19(12-13-28-2)23-20(25)15-27-18-6-4-3-5-7-18/h3-11,19H,12-15H2,1-2H3,(H,23,25)/t19-/m0/s1. The Kier molecular flexibility index (Phi) is 8.81. The molecule has 0 bridgehead atoms. The lowest BCUT2D eigenvalue weighted by atomic mass is 10.1. The Bertz CT molecular complexity index is 756. The minimum Gasteiger partial charge on any atom is -0.484 e. The van der Waals surface area contributed by atoms with Crippen molar-refractivity contribution in [3.05, 3.63) is 66.0 Å². The highest BCUT2D eigenvalue weighted by Gasteiger charge is 2.24. The summed E-state index contributed by atoms with van der Waals surface area (Å²) in [5.74, 6) is 0.477. The van der Waals surface area contributed by atoms with E-state index in [1.807, 2.05) is 24.5 Å². The van der Waals surface area contributed by atoms with Crippen LogP contribution in [0.4, 0.5) is 4.39 Å². The van der Waals surface area contributed by atoms with Gasteiger partial charge in [0.15, 0.2) is 6.61 Å². The largest absolute Gasteiger partial charge is 0.484 e. The fraction of sp³-hybridized carbons (Fsp3) is 0.333. The Morgan fingerprint density at radius 3 is 2.46 bits per heavy atom. The first-order chi connectivity index (χ1) is 13.5. The molecule has 1 N–H and O–H groups in total. The number of thioether (sulfide) groups is 1. The third kappa shape index (κ3) is 7.23. The van der Waals surface area contributed by atoms with Gasteiger partial charge in [0.1, 0.15) is 17.6 Å². The van der Waals surface area contributed by atoms with Crippen LogP contribution in [0.25, 0.3) is 0 Å². The zero-order valence-electron chi connectivity index (χ0n) is 16.1. The molecule has 0 aliphatic rings. The molecule has 0 aromatic heterocycles. The van der Waals surface area contributed by atoms with Crippen molar-refractivity contribution in [3.63, 3.8) is 0 Å². The van der Waals surface area contributed by atoms with E-state index in [4.69, 9.17) is 4.74 Å². The summed E-state index contributed by atoms with van der Waals surface area (Å²) < 4.78 is 18.5. The first kappa shape index (κ1) is 21.8. The second-order valence-electron chi connectivity index (χ2n) is 6.32. The molecule has 0 spiro atoms. The van der Waals surface area contributed by atoms with E-state index in [0.717, 1.165) is 11.3 Å². The molecule has 2 amide bonds. The number of hydrogen-bond donors (Lipinski definition) is 1. The van der Waals surface area contributed by atoms with Gasteiger partial charge >= 0.3 is 0 Å². The van der Waals surface area contributed by atoms with Gasteiger partial charge in [-0.05, 0) is 48.3 Å². The lowest BCUT2D eigenvalue weighted by Crippen LogP contribution is -2.48. The fourth-order valence-corrected chi connectivity index (χ4v) is 3.07. The first-order valence-electron chi connectivity index (χ1n) is 8.95. The molecule has 28 heavy (non-hydrogen) atoms. The summed E-state index contributed by atoms with van der Waals surface area (Å²) in [6, 6.07) is 14.4. The Hall–Kier alpha value is -2.54. The SMILES string of the molecule is CSCC[C@H](NC(=O)COc1ccccc1)C(=O)N(C)Cc1ccc(F)cc1. The van der Waals surface area contributed by atoms with E-state index < -0.39 is 6.04 Å². The minimum atomic E-state index is -0.634. The quantitative estimate of drug-likeness (QED) is 0.661. The highest BCUT2D eigenvalue weighted by Crippen LogP contribution is 2.10. The summed E-state index contributed by atoms with van der Waals surface area (Å²) in [7, 11) is 1.67. The second-order valence-corrected chi connectivity index (χ2v) is 7.31. The van der Waals surface area contributed by atoms with Gasteiger partial charge in [-0.2, -0.15) is 11.8 Å². The van der Waals surface area contributed by atoms with Gasteiger partial charge in [-0.25, -0.2) is 4.39 Å². The number of rotatable bonds is 10. The Morgan fingerprint density at radius 1 is 1.14 bits per heavy atom. The van der Waals surface area contributed by atoms with E-state index in [1.54, 1.807) is 43.1 Å². The van der Waals surface area contributed by atoms with Crippen LogP contribution < -0.4 is 10.1 Å². The van der Waals surface area contributed by atoms with Crippen LogP contribution in [0.2, 0.25) is 0 Å². The average Bonchev–Trinajstić information content (AvgIpc) is 2.71. The Balaban J connectivity index is 1.93. The third-order valence-electron chi connectivity index (χ3n) is 4.07. The number of nitrogens with zero attached hydrogens (tertiary/aromatic N) is 1. The van der Waals surface area contributed by atoms with Crippen molar-refractivity contribution in [2.24, 2.45) is 0 Å².